The van der Waals surface area contributed by atoms with Crippen LogP contribution in [0.15, 0.2) is 36.4 Å². The number of phenols is 1. The van der Waals surface area contributed by atoms with E-state index in [1.807, 2.05) is 31.2 Å². The summed E-state index contributed by atoms with van der Waals surface area (Å²) >= 11 is 0. The van der Waals surface area contributed by atoms with Gasteiger partial charge in [0.05, 0.1) is 5.41 Å². The molecule has 130 valence electrons. The number of esters is 1. The zero-order valence-electron chi connectivity index (χ0n) is 15.7. The molecule has 24 heavy (non-hydrogen) atoms. The maximum Gasteiger partial charge on any atom is 0.318 e. The minimum atomic E-state index is -0.682. The van der Waals surface area contributed by atoms with Crippen LogP contribution in [0.1, 0.15) is 48.5 Å². The lowest BCUT2D eigenvalue weighted by Crippen LogP contribution is -2.51. The summed E-state index contributed by atoms with van der Waals surface area (Å²) in [4.78, 5) is 13.2. The highest BCUT2D eigenvalue weighted by Gasteiger charge is 2.53. The van der Waals surface area contributed by atoms with E-state index in [0.29, 0.717) is 11.1 Å². The SMILES string of the molecule is CC(C)(C)C(C)(C(=O)Oc1ccc(O)c2ccccc12)C(C)(C)C. The lowest BCUT2D eigenvalue weighted by atomic mass is 9.55. The Kier molecular flexibility index (Phi) is 4.43. The van der Waals surface area contributed by atoms with Gasteiger partial charge in [0, 0.05) is 10.8 Å². The molecular formula is C21H28O3. The van der Waals surface area contributed by atoms with Gasteiger partial charge in [-0.15, -0.1) is 0 Å². The molecule has 0 fully saturated rings. The van der Waals surface area contributed by atoms with Crippen LogP contribution in [0.3, 0.4) is 0 Å². The molecule has 0 unspecified atom stereocenters. The fraction of sp³-hybridized carbons (Fsp3) is 0.476. The van der Waals surface area contributed by atoms with Crippen molar-refractivity contribution >= 4 is 16.7 Å². The van der Waals surface area contributed by atoms with E-state index in [9.17, 15) is 9.90 Å². The fourth-order valence-electron chi connectivity index (χ4n) is 3.28. The van der Waals surface area contributed by atoms with Crippen LogP contribution in [0.25, 0.3) is 10.8 Å². The number of benzene rings is 2. The number of rotatable bonds is 2. The number of phenolic OH excluding ortho intramolecular Hbond substituents is 1. The Hall–Kier alpha value is -2.03. The molecule has 0 aliphatic heterocycles. The first kappa shape index (κ1) is 18.3. The molecule has 0 aromatic heterocycles. The predicted octanol–water partition coefficient (Wildman–Crippen LogP) is 5.55. The van der Waals surface area contributed by atoms with Crippen molar-refractivity contribution in [2.75, 3.05) is 0 Å². The Morgan fingerprint density at radius 2 is 1.33 bits per heavy atom. The second-order valence-corrected chi connectivity index (χ2v) is 8.64. The van der Waals surface area contributed by atoms with Crippen molar-refractivity contribution < 1.29 is 14.6 Å². The van der Waals surface area contributed by atoms with Crippen LogP contribution >= 0.6 is 0 Å². The van der Waals surface area contributed by atoms with E-state index in [1.54, 1.807) is 12.1 Å². The number of hydrogen-bond donors (Lipinski definition) is 1. The normalized spacial score (nSPS) is 13.1. The zero-order valence-corrected chi connectivity index (χ0v) is 15.7. The van der Waals surface area contributed by atoms with Gasteiger partial charge in [-0.3, -0.25) is 4.79 Å². The molecule has 3 heteroatoms. The third kappa shape index (κ3) is 2.88. The highest BCUT2D eigenvalue weighted by Crippen LogP contribution is 2.52. The molecule has 0 bridgehead atoms. The van der Waals surface area contributed by atoms with Crippen molar-refractivity contribution in [1.29, 1.82) is 0 Å². The number of carbonyl (C=O) groups excluding carboxylic acids is 1. The van der Waals surface area contributed by atoms with E-state index in [2.05, 4.69) is 41.5 Å². The molecule has 0 atom stereocenters. The zero-order chi connectivity index (χ0) is 18.3. The largest absolute Gasteiger partial charge is 0.507 e. The summed E-state index contributed by atoms with van der Waals surface area (Å²) in [6, 6.07) is 10.6. The van der Waals surface area contributed by atoms with Crippen molar-refractivity contribution in [2.45, 2.75) is 48.5 Å². The van der Waals surface area contributed by atoms with Crippen LogP contribution in [0.4, 0.5) is 0 Å². The lowest BCUT2D eigenvalue weighted by Gasteiger charge is -2.48. The average molecular weight is 328 g/mol. The maximum atomic E-state index is 13.2. The molecule has 0 aliphatic carbocycles. The number of hydrogen-bond acceptors (Lipinski definition) is 3. The van der Waals surface area contributed by atoms with Crippen molar-refractivity contribution in [3.05, 3.63) is 36.4 Å². The molecule has 0 saturated heterocycles. The Balaban J connectivity index is 2.51. The van der Waals surface area contributed by atoms with E-state index in [-0.39, 0.29) is 22.5 Å². The third-order valence-corrected chi connectivity index (χ3v) is 5.47. The summed E-state index contributed by atoms with van der Waals surface area (Å²) in [6.45, 7) is 14.4. The highest BCUT2D eigenvalue weighted by atomic mass is 16.5. The van der Waals surface area contributed by atoms with Crippen LogP contribution in [0, 0.1) is 16.2 Å². The first-order valence-corrected chi connectivity index (χ1v) is 8.32. The Morgan fingerprint density at radius 1 is 0.833 bits per heavy atom. The van der Waals surface area contributed by atoms with Gasteiger partial charge in [-0.05, 0) is 29.9 Å². The third-order valence-electron chi connectivity index (χ3n) is 5.47. The van der Waals surface area contributed by atoms with Crippen molar-refractivity contribution in [1.82, 2.24) is 0 Å². The molecule has 3 nitrogen and oxygen atoms in total. The maximum absolute atomic E-state index is 13.2. The summed E-state index contributed by atoms with van der Waals surface area (Å²) in [5, 5.41) is 11.4. The first-order chi connectivity index (χ1) is 10.9. The summed E-state index contributed by atoms with van der Waals surface area (Å²) in [5.74, 6) is 0.409. The lowest BCUT2D eigenvalue weighted by molar-refractivity contribution is -0.162. The smallest absolute Gasteiger partial charge is 0.318 e. The summed E-state index contributed by atoms with van der Waals surface area (Å²) < 4.78 is 5.85. The molecule has 0 amide bonds. The summed E-state index contributed by atoms with van der Waals surface area (Å²) in [6.07, 6.45) is 0. The molecular weight excluding hydrogens is 300 g/mol. The average Bonchev–Trinajstić information content (AvgIpc) is 2.47. The summed E-state index contributed by atoms with van der Waals surface area (Å²) in [5.41, 5.74) is -1.22. The van der Waals surface area contributed by atoms with Gasteiger partial charge in [-0.25, -0.2) is 0 Å². The van der Waals surface area contributed by atoms with E-state index in [4.69, 9.17) is 4.74 Å². The molecule has 0 heterocycles. The molecule has 0 spiro atoms. The van der Waals surface area contributed by atoms with Gasteiger partial charge in [0.15, 0.2) is 0 Å². The van der Waals surface area contributed by atoms with Crippen LogP contribution in [0.5, 0.6) is 11.5 Å². The van der Waals surface area contributed by atoms with Crippen molar-refractivity contribution in [3.8, 4) is 11.5 Å². The first-order valence-electron chi connectivity index (χ1n) is 8.32. The predicted molar refractivity (Wildman–Crippen MR) is 98.3 cm³/mol. The molecule has 1 N–H and O–H groups in total. The van der Waals surface area contributed by atoms with Crippen LogP contribution in [0.2, 0.25) is 0 Å². The van der Waals surface area contributed by atoms with Gasteiger partial charge >= 0.3 is 5.97 Å². The number of aromatic hydroxyl groups is 1. The Labute approximate surface area is 144 Å². The topological polar surface area (TPSA) is 46.5 Å². The van der Waals surface area contributed by atoms with E-state index in [0.717, 1.165) is 5.39 Å². The van der Waals surface area contributed by atoms with Crippen LogP contribution in [-0.4, -0.2) is 11.1 Å². The molecule has 0 aliphatic rings. The molecule has 2 aromatic carbocycles. The number of fused-ring (bicyclic) bond motifs is 1. The molecule has 2 aromatic rings. The van der Waals surface area contributed by atoms with Gasteiger partial charge in [0.25, 0.3) is 0 Å². The van der Waals surface area contributed by atoms with Crippen molar-refractivity contribution in [2.24, 2.45) is 16.2 Å². The molecule has 0 radical (unpaired) electrons. The highest BCUT2D eigenvalue weighted by molar-refractivity contribution is 5.95. The molecule has 2 rings (SSSR count). The second kappa shape index (κ2) is 5.80. The van der Waals surface area contributed by atoms with Gasteiger partial charge in [-0.1, -0.05) is 65.8 Å². The van der Waals surface area contributed by atoms with Gasteiger partial charge < -0.3 is 9.84 Å². The summed E-state index contributed by atoms with van der Waals surface area (Å²) in [7, 11) is 0. The fourth-order valence-corrected chi connectivity index (χ4v) is 3.28. The number of carbonyl (C=O) groups is 1. The van der Waals surface area contributed by atoms with E-state index in [1.165, 1.54) is 0 Å². The molecule has 0 saturated carbocycles. The van der Waals surface area contributed by atoms with Gasteiger partial charge in [0.2, 0.25) is 0 Å². The van der Waals surface area contributed by atoms with Crippen LogP contribution < -0.4 is 4.74 Å². The Morgan fingerprint density at radius 3 is 1.83 bits per heavy atom. The standard InChI is InChI=1S/C21H28O3/c1-19(2,3)21(7,20(4,5)6)18(23)24-17-13-12-16(22)14-10-8-9-11-15(14)17/h8-13,22H,1-7H3. The minimum Gasteiger partial charge on any atom is -0.507 e. The monoisotopic (exact) mass is 328 g/mol. The second-order valence-electron chi connectivity index (χ2n) is 8.64. The van der Waals surface area contributed by atoms with Crippen LogP contribution in [-0.2, 0) is 4.79 Å². The van der Waals surface area contributed by atoms with E-state index >= 15 is 0 Å². The van der Waals surface area contributed by atoms with E-state index < -0.39 is 5.41 Å². The van der Waals surface area contributed by atoms with Gasteiger partial charge in [0.1, 0.15) is 11.5 Å². The minimum absolute atomic E-state index is 0.180. The number of ether oxygens (including phenoxy) is 1. The van der Waals surface area contributed by atoms with Crippen molar-refractivity contribution in [3.63, 3.8) is 0 Å². The Bertz CT molecular complexity index is 747. The van der Waals surface area contributed by atoms with Gasteiger partial charge in [-0.2, -0.15) is 0 Å². The quantitative estimate of drug-likeness (QED) is 0.581.